The summed E-state index contributed by atoms with van der Waals surface area (Å²) in [4.78, 5) is 3.31. The van der Waals surface area contributed by atoms with Crippen LogP contribution in [0, 0.1) is 5.92 Å². The van der Waals surface area contributed by atoms with E-state index in [0.717, 1.165) is 5.92 Å². The molecule has 2 aromatic rings. The molecule has 1 saturated carbocycles. The molecule has 0 bridgehead atoms. The van der Waals surface area contributed by atoms with Gasteiger partial charge in [-0.3, -0.25) is 0 Å². The van der Waals surface area contributed by atoms with Crippen LogP contribution in [-0.4, -0.2) is 4.98 Å². The van der Waals surface area contributed by atoms with Crippen LogP contribution in [0.2, 0.25) is 0 Å². The summed E-state index contributed by atoms with van der Waals surface area (Å²) in [5, 5.41) is 1.33. The molecule has 0 aliphatic heterocycles. The van der Waals surface area contributed by atoms with Gasteiger partial charge in [-0.2, -0.15) is 0 Å². The molecule has 0 spiro atoms. The number of aromatic amines is 1. The predicted octanol–water partition coefficient (Wildman–Crippen LogP) is 4.37. The molecule has 1 aliphatic carbocycles. The molecule has 1 heteroatoms. The molecule has 1 aliphatic rings. The maximum Gasteiger partial charge on any atom is 0.0460 e. The van der Waals surface area contributed by atoms with E-state index in [1.54, 1.807) is 0 Å². The van der Waals surface area contributed by atoms with Crippen molar-refractivity contribution in [1.29, 1.82) is 0 Å². The first-order valence-electron chi connectivity index (χ1n) is 6.18. The Morgan fingerprint density at radius 2 is 1.94 bits per heavy atom. The summed E-state index contributed by atoms with van der Waals surface area (Å²) in [6.45, 7) is 0. The van der Waals surface area contributed by atoms with Gasteiger partial charge < -0.3 is 4.98 Å². The summed E-state index contributed by atoms with van der Waals surface area (Å²) in [6, 6.07) is 8.48. The van der Waals surface area contributed by atoms with Gasteiger partial charge in [0.25, 0.3) is 0 Å². The Bertz CT molecular complexity index is 501. The van der Waals surface area contributed by atoms with Crippen molar-refractivity contribution in [1.82, 2.24) is 4.98 Å². The van der Waals surface area contributed by atoms with Gasteiger partial charge in [0, 0.05) is 17.1 Å². The van der Waals surface area contributed by atoms with Crippen molar-refractivity contribution in [3.63, 3.8) is 0 Å². The Labute approximate surface area is 96.2 Å². The summed E-state index contributed by atoms with van der Waals surface area (Å²) in [5.41, 5.74) is 2.55. The largest absolute Gasteiger partial charge is 0.361 e. The lowest BCUT2D eigenvalue weighted by molar-refractivity contribution is 0.689. The summed E-state index contributed by atoms with van der Waals surface area (Å²) >= 11 is 0. The maximum absolute atomic E-state index is 3.31. The fraction of sp³-hybridized carbons (Fsp3) is 0.333. The van der Waals surface area contributed by atoms with E-state index in [-0.39, 0.29) is 0 Å². The first-order valence-corrected chi connectivity index (χ1v) is 6.18. The number of hydrogen-bond donors (Lipinski definition) is 1. The van der Waals surface area contributed by atoms with Crippen molar-refractivity contribution in [2.75, 3.05) is 0 Å². The van der Waals surface area contributed by atoms with E-state index in [0.29, 0.717) is 0 Å². The van der Waals surface area contributed by atoms with E-state index in [1.165, 1.54) is 42.1 Å². The minimum atomic E-state index is 0.814. The topological polar surface area (TPSA) is 15.8 Å². The lowest BCUT2D eigenvalue weighted by atomic mass is 10.1. The van der Waals surface area contributed by atoms with Gasteiger partial charge in [-0.15, -0.1) is 0 Å². The van der Waals surface area contributed by atoms with Crippen LogP contribution in [0.15, 0.2) is 36.5 Å². The van der Waals surface area contributed by atoms with E-state index >= 15 is 0 Å². The third-order valence-corrected chi connectivity index (χ3v) is 3.57. The summed E-state index contributed by atoms with van der Waals surface area (Å²) in [7, 11) is 0. The van der Waals surface area contributed by atoms with Crippen LogP contribution in [0.3, 0.4) is 0 Å². The molecule has 1 aromatic carbocycles. The molecule has 1 heterocycles. The van der Waals surface area contributed by atoms with E-state index in [9.17, 15) is 0 Å². The first kappa shape index (κ1) is 9.71. The number of H-pyrrole nitrogens is 1. The molecule has 16 heavy (non-hydrogen) atoms. The van der Waals surface area contributed by atoms with Gasteiger partial charge in [-0.05, 0) is 30.4 Å². The minimum Gasteiger partial charge on any atom is -0.361 e. The highest BCUT2D eigenvalue weighted by atomic mass is 14.7. The predicted molar refractivity (Wildman–Crippen MR) is 69.3 cm³/mol. The van der Waals surface area contributed by atoms with Crippen molar-refractivity contribution < 1.29 is 0 Å². The third-order valence-electron chi connectivity index (χ3n) is 3.57. The van der Waals surface area contributed by atoms with Crippen molar-refractivity contribution in [3.8, 4) is 0 Å². The van der Waals surface area contributed by atoms with Gasteiger partial charge in [0.2, 0.25) is 0 Å². The molecule has 1 N–H and O–H groups in total. The zero-order valence-corrected chi connectivity index (χ0v) is 9.45. The fourth-order valence-electron chi connectivity index (χ4n) is 2.62. The molecule has 0 saturated heterocycles. The Hall–Kier alpha value is -1.50. The molecule has 1 nitrogen and oxygen atoms in total. The van der Waals surface area contributed by atoms with Gasteiger partial charge in [-0.1, -0.05) is 43.2 Å². The molecular formula is C15H17N. The fourth-order valence-corrected chi connectivity index (χ4v) is 2.62. The van der Waals surface area contributed by atoms with Gasteiger partial charge >= 0.3 is 0 Å². The van der Waals surface area contributed by atoms with E-state index in [4.69, 9.17) is 0 Å². The summed E-state index contributed by atoms with van der Waals surface area (Å²) < 4.78 is 0. The van der Waals surface area contributed by atoms with Gasteiger partial charge in [-0.25, -0.2) is 0 Å². The van der Waals surface area contributed by atoms with Crippen molar-refractivity contribution >= 4 is 17.0 Å². The van der Waals surface area contributed by atoms with Gasteiger partial charge in [0.1, 0.15) is 0 Å². The zero-order chi connectivity index (χ0) is 10.8. The molecule has 0 radical (unpaired) electrons. The van der Waals surface area contributed by atoms with Crippen molar-refractivity contribution in [3.05, 3.63) is 42.1 Å². The number of allylic oxidation sites excluding steroid dienone is 1. The highest BCUT2D eigenvalue weighted by Crippen LogP contribution is 2.27. The Morgan fingerprint density at radius 3 is 2.81 bits per heavy atom. The van der Waals surface area contributed by atoms with E-state index in [2.05, 4.69) is 47.6 Å². The quantitative estimate of drug-likeness (QED) is 0.759. The number of aromatic nitrogens is 1. The van der Waals surface area contributed by atoms with Crippen LogP contribution in [0.4, 0.5) is 0 Å². The molecule has 0 atom stereocenters. The number of fused-ring (bicyclic) bond motifs is 1. The second-order valence-corrected chi connectivity index (χ2v) is 4.69. The normalized spacial score (nSPS) is 17.8. The summed E-state index contributed by atoms with van der Waals surface area (Å²) in [6.07, 6.45) is 12.3. The highest BCUT2D eigenvalue weighted by Gasteiger charge is 2.11. The summed E-state index contributed by atoms with van der Waals surface area (Å²) in [5.74, 6) is 0.814. The number of benzene rings is 1. The maximum atomic E-state index is 3.31. The minimum absolute atomic E-state index is 0.814. The number of hydrogen-bond acceptors (Lipinski definition) is 0. The van der Waals surface area contributed by atoms with Crippen LogP contribution >= 0.6 is 0 Å². The molecule has 0 amide bonds. The zero-order valence-electron chi connectivity index (χ0n) is 9.45. The molecular weight excluding hydrogens is 194 g/mol. The van der Waals surface area contributed by atoms with Crippen LogP contribution in [0.25, 0.3) is 17.0 Å². The number of rotatable bonds is 2. The Morgan fingerprint density at radius 1 is 1.12 bits per heavy atom. The molecule has 3 rings (SSSR count). The molecule has 0 unspecified atom stereocenters. The SMILES string of the molecule is C(=CC1CCCC1)c1c[nH]c2ccccc12. The molecule has 1 aromatic heterocycles. The smallest absolute Gasteiger partial charge is 0.0460 e. The van der Waals surface area contributed by atoms with Crippen molar-refractivity contribution in [2.24, 2.45) is 5.92 Å². The van der Waals surface area contributed by atoms with E-state index in [1.807, 2.05) is 0 Å². The number of nitrogens with one attached hydrogen (secondary N) is 1. The van der Waals surface area contributed by atoms with Gasteiger partial charge in [0.15, 0.2) is 0 Å². The van der Waals surface area contributed by atoms with Gasteiger partial charge in [0.05, 0.1) is 0 Å². The van der Waals surface area contributed by atoms with E-state index < -0.39 is 0 Å². The second-order valence-electron chi connectivity index (χ2n) is 4.69. The lowest BCUT2D eigenvalue weighted by Crippen LogP contribution is -1.84. The Kier molecular flexibility index (Phi) is 2.53. The Balaban J connectivity index is 1.88. The van der Waals surface area contributed by atoms with Crippen LogP contribution in [0.1, 0.15) is 31.2 Å². The standard InChI is InChI=1S/C15H17N/c1-2-6-12(5-1)9-10-13-11-16-15-8-4-3-7-14(13)15/h3-4,7-12,16H,1-2,5-6H2. The third kappa shape index (κ3) is 1.78. The van der Waals surface area contributed by atoms with Crippen LogP contribution in [-0.2, 0) is 0 Å². The molecule has 1 fully saturated rings. The first-order chi connectivity index (χ1) is 7.93. The second kappa shape index (κ2) is 4.17. The number of para-hydroxylation sites is 1. The molecule has 82 valence electrons. The average Bonchev–Trinajstić information content (AvgIpc) is 2.96. The van der Waals surface area contributed by atoms with Crippen molar-refractivity contribution in [2.45, 2.75) is 25.7 Å². The average molecular weight is 211 g/mol. The van der Waals surface area contributed by atoms with Crippen LogP contribution < -0.4 is 0 Å². The lowest BCUT2D eigenvalue weighted by Gasteiger charge is -1.99. The highest BCUT2D eigenvalue weighted by molar-refractivity contribution is 5.88. The van der Waals surface area contributed by atoms with Crippen LogP contribution in [0.5, 0.6) is 0 Å². The monoisotopic (exact) mass is 211 g/mol.